The Morgan fingerprint density at radius 2 is 1.93 bits per heavy atom. The van der Waals surface area contributed by atoms with Gasteiger partial charge in [-0.15, -0.1) is 0 Å². The van der Waals surface area contributed by atoms with E-state index in [1.54, 1.807) is 30.3 Å². The topological polar surface area (TPSA) is 112 Å². The first-order valence-electron chi connectivity index (χ1n) is 8.90. The largest absolute Gasteiger partial charge is 0.493 e. The molecule has 0 aliphatic rings. The van der Waals surface area contributed by atoms with Crippen molar-refractivity contribution in [3.05, 3.63) is 50.4 Å². The zero-order chi connectivity index (χ0) is 22.1. The Morgan fingerprint density at radius 3 is 2.60 bits per heavy atom. The number of rotatable bonds is 10. The van der Waals surface area contributed by atoms with E-state index in [2.05, 4.69) is 42.4 Å². The normalized spacial score (nSPS) is 10.7. The van der Waals surface area contributed by atoms with E-state index in [-0.39, 0.29) is 6.61 Å². The zero-order valence-corrected chi connectivity index (χ0v) is 19.6. The number of amides is 2. The standard InChI is InChI=1S/C20H21Br2N3O5/c1-3-6-29-16-5-4-12(8-17(16)28-2)20(27)25-24-10-13-7-14(21)9-15(22)19(13)30-11-18(23)26/h4-5,7-10H,3,6,11H2,1-2H3,(H2,23,26)(H,25,27)/b24-10+. The highest BCUT2D eigenvalue weighted by atomic mass is 79.9. The summed E-state index contributed by atoms with van der Waals surface area (Å²) in [5.74, 6) is 0.350. The van der Waals surface area contributed by atoms with Gasteiger partial charge in [0.05, 0.1) is 24.4 Å². The summed E-state index contributed by atoms with van der Waals surface area (Å²) in [6, 6.07) is 8.34. The molecule has 160 valence electrons. The molecule has 0 unspecified atom stereocenters. The van der Waals surface area contributed by atoms with Crippen molar-refractivity contribution >= 4 is 49.9 Å². The number of primary amides is 1. The Hall–Kier alpha value is -2.59. The molecule has 0 spiro atoms. The molecule has 0 fully saturated rings. The fraction of sp³-hybridized carbons (Fsp3) is 0.250. The second-order valence-corrected chi connectivity index (χ2v) is 7.74. The SMILES string of the molecule is CCCOc1ccc(C(=O)N/N=C/c2cc(Br)cc(Br)c2OCC(N)=O)cc1OC. The number of benzene rings is 2. The Balaban J connectivity index is 2.15. The molecule has 2 aromatic rings. The third-order valence-corrected chi connectivity index (χ3v) is 4.70. The third kappa shape index (κ3) is 6.74. The smallest absolute Gasteiger partial charge is 0.271 e. The zero-order valence-electron chi connectivity index (χ0n) is 16.4. The number of nitrogens with zero attached hydrogens (tertiary/aromatic N) is 1. The monoisotopic (exact) mass is 541 g/mol. The van der Waals surface area contributed by atoms with Crippen molar-refractivity contribution in [2.75, 3.05) is 20.3 Å². The summed E-state index contributed by atoms with van der Waals surface area (Å²) in [4.78, 5) is 23.4. The lowest BCUT2D eigenvalue weighted by molar-refractivity contribution is -0.119. The van der Waals surface area contributed by atoms with E-state index in [4.69, 9.17) is 19.9 Å². The summed E-state index contributed by atoms with van der Waals surface area (Å²) in [5.41, 5.74) is 8.47. The second kappa shape index (κ2) is 11.6. The third-order valence-electron chi connectivity index (χ3n) is 3.65. The number of carbonyl (C=O) groups is 2. The van der Waals surface area contributed by atoms with Gasteiger partial charge in [0.25, 0.3) is 11.8 Å². The quantitative estimate of drug-likeness (QED) is 0.351. The fourth-order valence-corrected chi connectivity index (χ4v) is 3.71. The maximum atomic E-state index is 12.4. The van der Waals surface area contributed by atoms with Crippen LogP contribution in [0.15, 0.2) is 44.4 Å². The van der Waals surface area contributed by atoms with E-state index in [0.29, 0.717) is 39.5 Å². The van der Waals surface area contributed by atoms with Gasteiger partial charge in [0, 0.05) is 15.6 Å². The summed E-state index contributed by atoms with van der Waals surface area (Å²) < 4.78 is 17.6. The molecular weight excluding hydrogens is 522 g/mol. The number of hydrazone groups is 1. The van der Waals surface area contributed by atoms with Gasteiger partial charge in [-0.05, 0) is 52.7 Å². The summed E-state index contributed by atoms with van der Waals surface area (Å²) in [7, 11) is 1.51. The van der Waals surface area contributed by atoms with Crippen LogP contribution in [-0.4, -0.2) is 38.4 Å². The van der Waals surface area contributed by atoms with E-state index in [1.807, 2.05) is 6.92 Å². The van der Waals surface area contributed by atoms with Crippen LogP contribution < -0.4 is 25.4 Å². The van der Waals surface area contributed by atoms with Gasteiger partial charge in [-0.25, -0.2) is 5.43 Å². The van der Waals surface area contributed by atoms with Gasteiger partial charge in [-0.2, -0.15) is 5.10 Å². The van der Waals surface area contributed by atoms with Crippen molar-refractivity contribution in [1.29, 1.82) is 0 Å². The first-order chi connectivity index (χ1) is 14.3. The number of nitrogens with two attached hydrogens (primary N) is 1. The number of halogens is 2. The molecule has 30 heavy (non-hydrogen) atoms. The number of methoxy groups -OCH3 is 1. The lowest BCUT2D eigenvalue weighted by Crippen LogP contribution is -2.21. The van der Waals surface area contributed by atoms with Gasteiger partial charge < -0.3 is 19.9 Å². The Bertz CT molecular complexity index is 950. The summed E-state index contributed by atoms with van der Waals surface area (Å²) >= 11 is 6.74. The Kier molecular flexibility index (Phi) is 9.13. The highest BCUT2D eigenvalue weighted by Crippen LogP contribution is 2.32. The van der Waals surface area contributed by atoms with Crippen molar-refractivity contribution in [3.63, 3.8) is 0 Å². The Morgan fingerprint density at radius 1 is 1.17 bits per heavy atom. The minimum Gasteiger partial charge on any atom is -0.493 e. The molecule has 0 bridgehead atoms. The van der Waals surface area contributed by atoms with E-state index in [1.165, 1.54) is 13.3 Å². The van der Waals surface area contributed by atoms with E-state index in [9.17, 15) is 9.59 Å². The second-order valence-electron chi connectivity index (χ2n) is 5.97. The maximum Gasteiger partial charge on any atom is 0.271 e. The van der Waals surface area contributed by atoms with Gasteiger partial charge in [-0.3, -0.25) is 9.59 Å². The highest BCUT2D eigenvalue weighted by molar-refractivity contribution is 9.11. The lowest BCUT2D eigenvalue weighted by Gasteiger charge is -2.11. The van der Waals surface area contributed by atoms with Crippen LogP contribution in [0.4, 0.5) is 0 Å². The molecule has 8 nitrogen and oxygen atoms in total. The molecule has 0 saturated carbocycles. The minimum atomic E-state index is -0.610. The van der Waals surface area contributed by atoms with Gasteiger partial charge in [-0.1, -0.05) is 22.9 Å². The molecule has 3 N–H and O–H groups in total. The van der Waals surface area contributed by atoms with E-state index < -0.39 is 11.8 Å². The van der Waals surface area contributed by atoms with Gasteiger partial charge in [0.2, 0.25) is 0 Å². The predicted octanol–water partition coefficient (Wildman–Crippen LogP) is 3.64. The Labute approximate surface area is 191 Å². The van der Waals surface area contributed by atoms with Crippen molar-refractivity contribution in [3.8, 4) is 17.2 Å². The van der Waals surface area contributed by atoms with Gasteiger partial charge >= 0.3 is 0 Å². The predicted molar refractivity (Wildman–Crippen MR) is 120 cm³/mol. The van der Waals surface area contributed by atoms with Gasteiger partial charge in [0.1, 0.15) is 5.75 Å². The fourth-order valence-electron chi connectivity index (χ4n) is 2.34. The molecule has 0 aliphatic carbocycles. The lowest BCUT2D eigenvalue weighted by atomic mass is 10.2. The molecule has 0 radical (unpaired) electrons. The van der Waals surface area contributed by atoms with Crippen LogP contribution in [0, 0.1) is 0 Å². The van der Waals surface area contributed by atoms with E-state index >= 15 is 0 Å². The molecule has 2 amide bonds. The molecule has 10 heteroatoms. The van der Waals surface area contributed by atoms with Crippen LogP contribution >= 0.6 is 31.9 Å². The van der Waals surface area contributed by atoms with Crippen LogP contribution in [0.3, 0.4) is 0 Å². The molecule has 0 heterocycles. The first kappa shape index (κ1) is 23.7. The molecule has 2 aromatic carbocycles. The van der Waals surface area contributed by atoms with Crippen LogP contribution in [0.1, 0.15) is 29.3 Å². The van der Waals surface area contributed by atoms with Crippen LogP contribution in [0.25, 0.3) is 0 Å². The first-order valence-corrected chi connectivity index (χ1v) is 10.5. The van der Waals surface area contributed by atoms with Crippen molar-refractivity contribution in [1.82, 2.24) is 5.43 Å². The molecular formula is C20H21Br2N3O5. The van der Waals surface area contributed by atoms with E-state index in [0.717, 1.165) is 10.9 Å². The van der Waals surface area contributed by atoms with Crippen LogP contribution in [0.2, 0.25) is 0 Å². The average Bonchev–Trinajstić information content (AvgIpc) is 2.71. The summed E-state index contributed by atoms with van der Waals surface area (Å²) in [6.45, 7) is 2.26. The molecule has 0 saturated heterocycles. The summed E-state index contributed by atoms with van der Waals surface area (Å²) in [5, 5.41) is 3.98. The molecule has 0 atom stereocenters. The number of carbonyl (C=O) groups excluding carboxylic acids is 2. The highest BCUT2D eigenvalue weighted by Gasteiger charge is 2.12. The maximum absolute atomic E-state index is 12.4. The number of hydrogen-bond donors (Lipinski definition) is 2. The van der Waals surface area contributed by atoms with Gasteiger partial charge in [0.15, 0.2) is 18.1 Å². The van der Waals surface area contributed by atoms with Crippen molar-refractivity contribution in [2.45, 2.75) is 13.3 Å². The number of ether oxygens (including phenoxy) is 3. The summed E-state index contributed by atoms with van der Waals surface area (Å²) in [6.07, 6.45) is 2.26. The number of hydrogen-bond acceptors (Lipinski definition) is 6. The molecule has 2 rings (SSSR count). The average molecular weight is 543 g/mol. The minimum absolute atomic E-state index is 0.292. The molecule has 0 aliphatic heterocycles. The number of nitrogens with one attached hydrogen (secondary N) is 1. The molecule has 0 aromatic heterocycles. The van der Waals surface area contributed by atoms with Crippen molar-refractivity contribution < 1.29 is 23.8 Å². The van der Waals surface area contributed by atoms with Crippen molar-refractivity contribution in [2.24, 2.45) is 10.8 Å². The van der Waals surface area contributed by atoms with Crippen LogP contribution in [0.5, 0.6) is 17.2 Å². The van der Waals surface area contributed by atoms with Crippen LogP contribution in [-0.2, 0) is 4.79 Å².